The van der Waals surface area contributed by atoms with Crippen LogP contribution >= 0.6 is 46.4 Å². The van der Waals surface area contributed by atoms with Crippen molar-refractivity contribution in [2.24, 2.45) is 23.7 Å². The first-order chi connectivity index (χ1) is 25.4. The predicted molar refractivity (Wildman–Crippen MR) is 211 cm³/mol. The molecule has 0 aromatic carbocycles. The molecule has 4 nitrogen and oxygen atoms in total. The van der Waals surface area contributed by atoms with Crippen LogP contribution in [0.15, 0.2) is 48.6 Å². The average Bonchev–Trinajstić information content (AvgIpc) is 4.01. The zero-order chi connectivity index (χ0) is 34.3. The van der Waals surface area contributed by atoms with Crippen LogP contribution in [0, 0.1) is 23.7 Å². The molecule has 3 aromatic rings. The van der Waals surface area contributed by atoms with Crippen LogP contribution in [0.25, 0.3) is 44.4 Å². The number of rotatable bonds is 0. The molecule has 12 aliphatic carbocycles. The van der Waals surface area contributed by atoms with E-state index >= 15 is 0 Å². The summed E-state index contributed by atoms with van der Waals surface area (Å²) in [5.41, 5.74) is 16.1. The zero-order valence-corrected chi connectivity index (χ0v) is 34.9. The minimum Gasteiger partial charge on any atom is -0.655 e. The van der Waals surface area contributed by atoms with Crippen molar-refractivity contribution in [1.29, 1.82) is 0 Å². The van der Waals surface area contributed by atoms with Gasteiger partial charge in [-0.3, -0.25) is 0 Å². The molecule has 0 fully saturated rings. The second-order valence-electron chi connectivity index (χ2n) is 16.5. The van der Waals surface area contributed by atoms with Gasteiger partial charge in [-0.05, 0) is 73.7 Å². The summed E-state index contributed by atoms with van der Waals surface area (Å²) >= 11 is 30.9. The molecule has 0 spiro atoms. The summed E-state index contributed by atoms with van der Waals surface area (Å²) in [5, 5.41) is 2.41. The van der Waals surface area contributed by atoms with Gasteiger partial charge in [0.05, 0.1) is 37.8 Å². The smallest absolute Gasteiger partial charge is 0.655 e. The molecule has 9 heteroatoms. The van der Waals surface area contributed by atoms with Crippen LogP contribution in [0.5, 0.6) is 0 Å². The first-order valence-electron chi connectivity index (χ1n) is 19.1. The van der Waals surface area contributed by atoms with E-state index in [1.54, 1.807) is 0 Å². The molecular weight excluding hydrogens is 792 g/mol. The van der Waals surface area contributed by atoms with E-state index in [1.807, 2.05) is 0 Å². The van der Waals surface area contributed by atoms with Crippen molar-refractivity contribution in [2.45, 2.75) is 75.0 Å². The van der Waals surface area contributed by atoms with E-state index in [1.165, 1.54) is 44.5 Å². The molecule has 16 bridgehead atoms. The Morgan fingerprint density at radius 2 is 0.604 bits per heavy atom. The maximum Gasteiger partial charge on any atom is 2.00 e. The van der Waals surface area contributed by atoms with Crippen molar-refractivity contribution in [1.82, 2.24) is 19.9 Å². The monoisotopic (exact) mass is 820 g/mol. The number of nitrogens with zero attached hydrogens (tertiary/aromatic N) is 4. The Hall–Kier alpha value is -2.66. The minimum absolute atomic E-state index is 0. The van der Waals surface area contributed by atoms with Crippen molar-refractivity contribution in [2.75, 3.05) is 0 Å². The molecule has 2 aliphatic heterocycles. The molecule has 8 atom stereocenters. The van der Waals surface area contributed by atoms with Crippen molar-refractivity contribution in [3.8, 4) is 0 Å². The van der Waals surface area contributed by atoms with E-state index in [-0.39, 0.29) is 66.8 Å². The molecular formula is C44H32Cl4N4Zn. The Morgan fingerprint density at radius 1 is 0.358 bits per heavy atom. The number of hydrogen-bond donors (Lipinski definition) is 0. The molecule has 0 amide bonds. The fraction of sp³-hybridized carbons (Fsp3) is 0.364. The van der Waals surface area contributed by atoms with Gasteiger partial charge in [0.15, 0.2) is 0 Å². The van der Waals surface area contributed by atoms with Crippen molar-refractivity contribution >= 4 is 90.8 Å². The van der Waals surface area contributed by atoms with E-state index < -0.39 is 0 Å². The maximum absolute atomic E-state index is 7.72. The quantitative estimate of drug-likeness (QED) is 0.167. The molecule has 3 aromatic heterocycles. The van der Waals surface area contributed by atoms with Gasteiger partial charge < -0.3 is 9.97 Å². The first-order valence-corrected chi connectivity index (χ1v) is 20.6. The van der Waals surface area contributed by atoms with Gasteiger partial charge in [0, 0.05) is 52.4 Å². The summed E-state index contributed by atoms with van der Waals surface area (Å²) in [6.07, 6.45) is 27.4. The topological polar surface area (TPSA) is 54.0 Å². The molecule has 53 heavy (non-hydrogen) atoms. The van der Waals surface area contributed by atoms with Crippen LogP contribution in [0.4, 0.5) is 0 Å². The zero-order valence-electron chi connectivity index (χ0n) is 28.9. The third-order valence-corrected chi connectivity index (χ3v) is 15.6. The Labute approximate surface area is 340 Å². The fourth-order valence-electron chi connectivity index (χ4n) is 11.9. The van der Waals surface area contributed by atoms with E-state index in [9.17, 15) is 0 Å². The fourth-order valence-corrected chi connectivity index (χ4v) is 13.1. The second-order valence-corrected chi connectivity index (χ2v) is 18.0. The van der Waals surface area contributed by atoms with Crippen LogP contribution in [0.3, 0.4) is 0 Å². The summed E-state index contributed by atoms with van der Waals surface area (Å²) in [6.45, 7) is 0. The summed E-state index contributed by atoms with van der Waals surface area (Å²) < 4.78 is 0. The van der Waals surface area contributed by atoms with Crippen molar-refractivity contribution in [3.63, 3.8) is 0 Å². The molecule has 0 unspecified atom stereocenters. The van der Waals surface area contributed by atoms with Gasteiger partial charge in [-0.15, -0.1) is 22.1 Å². The van der Waals surface area contributed by atoms with Gasteiger partial charge in [0.2, 0.25) is 0 Å². The van der Waals surface area contributed by atoms with E-state index in [0.717, 1.165) is 96.2 Å². The third-order valence-electron chi connectivity index (χ3n) is 14.2. The van der Waals surface area contributed by atoms with Crippen LogP contribution in [0.1, 0.15) is 120 Å². The predicted octanol–water partition coefficient (Wildman–Crippen LogP) is 12.3. The number of hydrogen-bond acceptors (Lipinski definition) is 2. The Kier molecular flexibility index (Phi) is 6.90. The van der Waals surface area contributed by atoms with Crippen LogP contribution in [0.2, 0.25) is 20.1 Å². The normalized spacial score (nSPS) is 31.3. The molecule has 258 valence electrons. The number of halogens is 4. The third kappa shape index (κ3) is 4.05. The minimum atomic E-state index is 0. The largest absolute Gasteiger partial charge is 2.00 e. The van der Waals surface area contributed by atoms with Gasteiger partial charge in [-0.25, -0.2) is 9.97 Å². The average molecular weight is 824 g/mol. The second kappa shape index (κ2) is 11.2. The molecule has 0 N–H and O–H groups in total. The molecule has 14 aliphatic rings. The Bertz CT molecular complexity index is 2470. The number of aromatic nitrogens is 4. The number of fused-ring (bicyclic) bond motifs is 12. The van der Waals surface area contributed by atoms with Gasteiger partial charge in [-0.1, -0.05) is 117 Å². The van der Waals surface area contributed by atoms with Gasteiger partial charge >= 0.3 is 19.5 Å². The molecule has 0 saturated carbocycles. The van der Waals surface area contributed by atoms with Crippen LogP contribution in [-0.2, 0) is 19.5 Å². The summed E-state index contributed by atoms with van der Waals surface area (Å²) in [5.74, 6) is 1.84. The SMILES string of the molecule is Clc1c2nc(c(Cl)c3[n-]c(c4c3[C@@H]3C=C[C@H]4CC3)c(Cl)c3[n-]c(c(Cl)c4nc1C1=C4[C@@H]4C=C[C@H]1CC4)c1c3[C@@H]3C=C[C@H]1CC3)C1=C2[C@@H]2C=C[C@H]1CC2.[Zn+2]. The van der Waals surface area contributed by atoms with E-state index in [0.29, 0.717) is 20.1 Å². The van der Waals surface area contributed by atoms with E-state index in [2.05, 4.69) is 48.6 Å². The van der Waals surface area contributed by atoms with Crippen LogP contribution < -0.4 is 9.97 Å². The maximum atomic E-state index is 7.72. The molecule has 5 heterocycles. The molecule has 17 rings (SSSR count). The number of allylic oxidation sites excluding steroid dienone is 12. The van der Waals surface area contributed by atoms with Crippen molar-refractivity contribution < 1.29 is 19.5 Å². The Balaban J connectivity index is 0.00000315. The van der Waals surface area contributed by atoms with Crippen LogP contribution in [-0.4, -0.2) is 9.97 Å². The van der Waals surface area contributed by atoms with Gasteiger partial charge in [0.1, 0.15) is 0 Å². The summed E-state index contributed by atoms with van der Waals surface area (Å²) in [7, 11) is 0. The Morgan fingerprint density at radius 3 is 0.887 bits per heavy atom. The standard InChI is InChI=1S/C44H32Cl4N4.Zn/c45-33-37-25-17-1-2-18(4-3-17)26(25)38(49-37)34(46)40-29-21-9-11-22(12-10-21)30(29)42(51-40)36(48)44-32-24-15-13-23(14-16-24)31(32)43(52-44)35(47)41-28-20-7-5-19(6-8-20)27(28)39(33)50-41;/h1-2,5,7,9,11,13,15,17-24H,3-4,6,8,10,12,14,16H2;/q-2;+2/t17-,18+,19+,20-,21-,22+,23+,24-;. The first kappa shape index (κ1) is 32.6. The summed E-state index contributed by atoms with van der Waals surface area (Å²) in [6, 6.07) is 0. The van der Waals surface area contributed by atoms with Gasteiger partial charge in [-0.2, -0.15) is 0 Å². The van der Waals surface area contributed by atoms with E-state index in [4.69, 9.17) is 66.3 Å². The molecule has 0 radical (unpaired) electrons. The van der Waals surface area contributed by atoms with Gasteiger partial charge in [0.25, 0.3) is 0 Å². The summed E-state index contributed by atoms with van der Waals surface area (Å²) in [4.78, 5) is 21.8. The molecule has 0 saturated heterocycles. The van der Waals surface area contributed by atoms with Crippen molar-refractivity contribution in [3.05, 3.63) is 114 Å².